The van der Waals surface area contributed by atoms with Crippen LogP contribution in [0.3, 0.4) is 0 Å². The number of hydrogen-bond donors (Lipinski definition) is 1. The Morgan fingerprint density at radius 1 is 0.889 bits per heavy atom. The average Bonchev–Trinajstić information content (AvgIpc) is 3.58. The first kappa shape index (κ1) is 25.8. The van der Waals surface area contributed by atoms with Crippen LogP contribution in [0.2, 0.25) is 10.0 Å². The van der Waals surface area contributed by atoms with E-state index in [1.165, 1.54) is 20.9 Å². The number of fused-ring (bicyclic) bond motifs is 2. The van der Waals surface area contributed by atoms with Gasteiger partial charge >= 0.3 is 0 Å². The van der Waals surface area contributed by atoms with Gasteiger partial charge in [0.1, 0.15) is 9.66 Å². The maximum atomic E-state index is 6.24. The third-order valence-electron chi connectivity index (χ3n) is 7.17. The number of nitrogens with one attached hydrogen (secondary N) is 1. The van der Waals surface area contributed by atoms with E-state index >= 15 is 0 Å². The van der Waals surface area contributed by atoms with Crippen LogP contribution < -0.4 is 5.32 Å². The van der Waals surface area contributed by atoms with E-state index in [1.54, 1.807) is 35.1 Å². The van der Waals surface area contributed by atoms with E-state index in [0.717, 1.165) is 50.1 Å². The second kappa shape index (κ2) is 9.82. The largest absolute Gasteiger partial charge is 0.304 e. The van der Waals surface area contributed by atoms with Gasteiger partial charge < -0.3 is 5.32 Å². The van der Waals surface area contributed by atoms with Gasteiger partial charge in [0.25, 0.3) is 0 Å². The first-order chi connectivity index (χ1) is 17.1. The molecule has 0 fully saturated rings. The Morgan fingerprint density at radius 2 is 1.44 bits per heavy atom. The molecule has 188 valence electrons. The zero-order chi connectivity index (χ0) is 25.7. The summed E-state index contributed by atoms with van der Waals surface area (Å²) in [5.74, 6) is 0. The number of pyridine rings is 2. The van der Waals surface area contributed by atoms with Gasteiger partial charge in [-0.1, -0.05) is 42.3 Å². The first-order valence-corrected chi connectivity index (χ1v) is 14.5. The van der Waals surface area contributed by atoms with Crippen molar-refractivity contribution in [2.45, 2.75) is 45.7 Å². The van der Waals surface area contributed by atoms with Crippen molar-refractivity contribution in [2.24, 2.45) is 0 Å². The summed E-state index contributed by atoms with van der Waals surface area (Å²) in [4.78, 5) is 15.8. The molecule has 2 aliphatic rings. The standard InChI is InChI=1S/C15H17ClN2S.C13H13ClN2S/c1-4-18-8-6-11(15(18,2)3)13-9-10-12(16)5-7-17-14(10)19-13;1-13(2)9(3-6-16-13)11-7-8-10(14)4-5-15-12(8)17-11/h5-7,9H,4,8H2,1-3H3;3-5,7,16H,6H2,1-2H3. The van der Waals surface area contributed by atoms with Crippen LogP contribution in [-0.4, -0.2) is 45.6 Å². The van der Waals surface area contributed by atoms with Gasteiger partial charge in [0.15, 0.2) is 0 Å². The SMILES string of the molecule is CC1(C)NCC=C1c1cc2c(Cl)ccnc2s1.CCN1CC=C(c2cc3c(Cl)ccnc3s2)C1(C)C. The lowest BCUT2D eigenvalue weighted by atomic mass is 9.94. The molecule has 0 atom stereocenters. The molecule has 4 aromatic heterocycles. The minimum Gasteiger partial charge on any atom is -0.304 e. The summed E-state index contributed by atoms with van der Waals surface area (Å²) in [6, 6.07) is 8.03. The van der Waals surface area contributed by atoms with Crippen molar-refractivity contribution in [1.29, 1.82) is 0 Å². The molecule has 8 heteroatoms. The molecule has 4 aromatic rings. The van der Waals surface area contributed by atoms with Crippen LogP contribution in [0.15, 0.2) is 48.8 Å². The number of likely N-dealkylation sites (N-methyl/N-ethyl adjacent to an activating group) is 1. The highest BCUT2D eigenvalue weighted by Gasteiger charge is 2.35. The predicted molar refractivity (Wildman–Crippen MR) is 159 cm³/mol. The van der Waals surface area contributed by atoms with Crippen molar-refractivity contribution in [3.05, 3.63) is 68.6 Å². The maximum Gasteiger partial charge on any atom is 0.125 e. The number of rotatable bonds is 3. The van der Waals surface area contributed by atoms with Crippen LogP contribution in [0.25, 0.3) is 31.6 Å². The number of aromatic nitrogens is 2. The second-order valence-electron chi connectivity index (χ2n) is 10.1. The Labute approximate surface area is 230 Å². The molecule has 0 spiro atoms. The monoisotopic (exact) mass is 556 g/mol. The molecule has 0 radical (unpaired) electrons. The van der Waals surface area contributed by atoms with Crippen LogP contribution in [-0.2, 0) is 0 Å². The number of hydrogen-bond acceptors (Lipinski definition) is 6. The lowest BCUT2D eigenvalue weighted by Gasteiger charge is -2.33. The zero-order valence-corrected chi connectivity index (χ0v) is 24.3. The molecule has 6 heterocycles. The summed E-state index contributed by atoms with van der Waals surface area (Å²) < 4.78 is 0. The molecule has 2 aliphatic heterocycles. The highest BCUT2D eigenvalue weighted by molar-refractivity contribution is 7.20. The van der Waals surface area contributed by atoms with Gasteiger partial charge in [0, 0.05) is 57.1 Å². The maximum absolute atomic E-state index is 6.24. The van der Waals surface area contributed by atoms with Crippen molar-refractivity contribution < 1.29 is 0 Å². The van der Waals surface area contributed by atoms with Gasteiger partial charge in [-0.3, -0.25) is 4.90 Å². The summed E-state index contributed by atoms with van der Waals surface area (Å²) in [6.45, 7) is 14.2. The quantitative estimate of drug-likeness (QED) is 0.276. The molecule has 0 saturated carbocycles. The molecule has 0 bridgehead atoms. The Balaban J connectivity index is 0.000000149. The Hall–Kier alpha value is -1.80. The fourth-order valence-electron chi connectivity index (χ4n) is 5.03. The molecule has 0 aliphatic carbocycles. The lowest BCUT2D eigenvalue weighted by Crippen LogP contribution is -2.40. The van der Waals surface area contributed by atoms with Crippen LogP contribution >= 0.6 is 45.9 Å². The number of nitrogens with zero attached hydrogens (tertiary/aromatic N) is 3. The fraction of sp³-hybridized carbons (Fsp3) is 0.357. The summed E-state index contributed by atoms with van der Waals surface area (Å²) in [5, 5.41) is 7.15. The molecular formula is C28H30Cl2N4S2. The van der Waals surface area contributed by atoms with E-state index in [4.69, 9.17) is 23.2 Å². The van der Waals surface area contributed by atoms with E-state index in [1.807, 2.05) is 12.1 Å². The smallest absolute Gasteiger partial charge is 0.125 e. The normalized spacial score (nSPS) is 18.9. The van der Waals surface area contributed by atoms with E-state index < -0.39 is 0 Å². The summed E-state index contributed by atoms with van der Waals surface area (Å²) in [6.07, 6.45) is 8.12. The minimum atomic E-state index is 0.0351. The van der Waals surface area contributed by atoms with Crippen LogP contribution in [0, 0.1) is 0 Å². The molecule has 0 aromatic carbocycles. The molecule has 36 heavy (non-hydrogen) atoms. The topological polar surface area (TPSA) is 41.1 Å². The van der Waals surface area contributed by atoms with Crippen LogP contribution in [0.4, 0.5) is 0 Å². The summed E-state index contributed by atoms with van der Waals surface area (Å²) >= 11 is 15.9. The highest BCUT2D eigenvalue weighted by atomic mass is 35.5. The Kier molecular flexibility index (Phi) is 7.05. The Bertz CT molecular complexity index is 1500. The van der Waals surface area contributed by atoms with Gasteiger partial charge in [-0.2, -0.15) is 0 Å². The van der Waals surface area contributed by atoms with Gasteiger partial charge in [-0.05, 0) is 69.7 Å². The fourth-order valence-corrected chi connectivity index (χ4v) is 7.99. The van der Waals surface area contributed by atoms with Gasteiger partial charge in [-0.25, -0.2) is 9.97 Å². The first-order valence-electron chi connectivity index (χ1n) is 12.1. The van der Waals surface area contributed by atoms with Crippen molar-refractivity contribution in [3.8, 4) is 0 Å². The number of halogens is 2. The number of thiophene rings is 2. The van der Waals surface area contributed by atoms with E-state index in [9.17, 15) is 0 Å². The molecule has 0 unspecified atom stereocenters. The van der Waals surface area contributed by atoms with Crippen molar-refractivity contribution >= 4 is 77.5 Å². The van der Waals surface area contributed by atoms with Crippen molar-refractivity contribution in [1.82, 2.24) is 20.2 Å². The zero-order valence-electron chi connectivity index (χ0n) is 21.2. The van der Waals surface area contributed by atoms with E-state index in [-0.39, 0.29) is 11.1 Å². The van der Waals surface area contributed by atoms with Gasteiger partial charge in [0.05, 0.1) is 10.0 Å². The van der Waals surface area contributed by atoms with Gasteiger partial charge in [0.2, 0.25) is 0 Å². The van der Waals surface area contributed by atoms with E-state index in [0.29, 0.717) is 0 Å². The van der Waals surface area contributed by atoms with Crippen LogP contribution in [0.1, 0.15) is 44.4 Å². The summed E-state index contributed by atoms with van der Waals surface area (Å²) in [7, 11) is 0. The third-order valence-corrected chi connectivity index (χ3v) is 9.98. The summed E-state index contributed by atoms with van der Waals surface area (Å²) in [5.41, 5.74) is 2.86. The van der Waals surface area contributed by atoms with Gasteiger partial charge in [-0.15, -0.1) is 22.7 Å². The second-order valence-corrected chi connectivity index (χ2v) is 13.0. The minimum absolute atomic E-state index is 0.0351. The Morgan fingerprint density at radius 3 is 1.89 bits per heavy atom. The molecule has 0 saturated heterocycles. The molecule has 0 amide bonds. The average molecular weight is 558 g/mol. The predicted octanol–water partition coefficient (Wildman–Crippen LogP) is 8.16. The lowest BCUT2D eigenvalue weighted by molar-refractivity contribution is 0.218. The third kappa shape index (κ3) is 4.64. The molecular weight excluding hydrogens is 527 g/mol. The highest BCUT2D eigenvalue weighted by Crippen LogP contribution is 2.42. The molecule has 6 rings (SSSR count). The molecule has 1 N–H and O–H groups in total. The van der Waals surface area contributed by atoms with E-state index in [2.05, 4.69) is 79.1 Å². The van der Waals surface area contributed by atoms with Crippen LogP contribution in [0.5, 0.6) is 0 Å². The molecule has 4 nitrogen and oxygen atoms in total. The van der Waals surface area contributed by atoms with Crippen molar-refractivity contribution in [3.63, 3.8) is 0 Å². The van der Waals surface area contributed by atoms with Crippen molar-refractivity contribution in [2.75, 3.05) is 19.6 Å².